The van der Waals surface area contributed by atoms with Crippen molar-refractivity contribution >= 4 is 12.4 Å². The highest BCUT2D eigenvalue weighted by molar-refractivity contribution is 5.85. The average molecular weight is 150 g/mol. The normalized spacial score (nSPS) is 18.9. The molecule has 0 spiro atoms. The summed E-state index contributed by atoms with van der Waals surface area (Å²) in [6.45, 7) is 3.04. The van der Waals surface area contributed by atoms with Gasteiger partial charge in [0.15, 0.2) is 5.66 Å². The lowest BCUT2D eigenvalue weighted by Crippen LogP contribution is -2.15. The topological polar surface area (TPSA) is 36.8 Å². The molecule has 3 nitrogen and oxygen atoms in total. The third-order valence-corrected chi connectivity index (χ3v) is 1.29. The Kier molecular flexibility index (Phi) is 3.08. The minimum atomic E-state index is -0.0109. The van der Waals surface area contributed by atoms with Crippen molar-refractivity contribution in [3.8, 4) is 0 Å². The van der Waals surface area contributed by atoms with Gasteiger partial charge in [-0.15, -0.1) is 12.4 Å². The second-order valence-corrected chi connectivity index (χ2v) is 2.27. The van der Waals surface area contributed by atoms with Crippen molar-refractivity contribution in [3.05, 3.63) is 0 Å². The molecule has 0 saturated carbocycles. The molecule has 0 fully saturated rings. The molecule has 1 heterocycles. The van der Waals surface area contributed by atoms with E-state index in [9.17, 15) is 0 Å². The molecule has 0 aromatic heterocycles. The zero-order valence-corrected chi connectivity index (χ0v) is 6.53. The van der Waals surface area contributed by atoms with E-state index < -0.39 is 0 Å². The molecule has 4 heteroatoms. The lowest BCUT2D eigenvalue weighted by molar-refractivity contribution is 0.574. The van der Waals surface area contributed by atoms with E-state index in [-0.39, 0.29) is 18.1 Å². The first-order valence-corrected chi connectivity index (χ1v) is 2.85. The van der Waals surface area contributed by atoms with Gasteiger partial charge in [0.2, 0.25) is 0 Å². The van der Waals surface area contributed by atoms with Crippen LogP contribution in [-0.2, 0) is 0 Å². The quantitative estimate of drug-likeness (QED) is 0.643. The summed E-state index contributed by atoms with van der Waals surface area (Å²) in [6, 6.07) is 0. The smallest absolute Gasteiger partial charge is 0.189 e. The summed E-state index contributed by atoms with van der Waals surface area (Å²) in [5, 5.41) is 10.8. The molecule has 0 atom stereocenters. The van der Waals surface area contributed by atoms with Crippen LogP contribution in [-0.4, -0.2) is 19.3 Å². The highest BCUT2D eigenvalue weighted by Crippen LogP contribution is 2.29. The number of rotatable bonds is 3. The summed E-state index contributed by atoms with van der Waals surface area (Å²) < 4.78 is 0. The molecule has 1 N–H and O–H groups in total. The number of halogens is 1. The predicted molar refractivity (Wildman–Crippen MR) is 39.1 cm³/mol. The van der Waals surface area contributed by atoms with Crippen LogP contribution >= 0.6 is 12.4 Å². The standard InChI is InChI=1S/C5H11N3.ClH/c1-5(7-8-5)3-4-6-2;/h6H,3-4H2,1-2H3;1H. The maximum Gasteiger partial charge on any atom is 0.189 e. The van der Waals surface area contributed by atoms with Crippen LogP contribution in [0.5, 0.6) is 0 Å². The van der Waals surface area contributed by atoms with Crippen molar-refractivity contribution in [2.75, 3.05) is 13.6 Å². The van der Waals surface area contributed by atoms with Gasteiger partial charge in [-0.25, -0.2) is 0 Å². The molecule has 0 aromatic rings. The fourth-order valence-electron chi connectivity index (χ4n) is 0.547. The van der Waals surface area contributed by atoms with Crippen LogP contribution in [0, 0.1) is 0 Å². The van der Waals surface area contributed by atoms with Gasteiger partial charge in [0.1, 0.15) is 0 Å². The van der Waals surface area contributed by atoms with Crippen molar-refractivity contribution in [2.24, 2.45) is 10.2 Å². The molecule has 1 aliphatic rings. The molecule has 0 amide bonds. The third kappa shape index (κ3) is 2.77. The van der Waals surface area contributed by atoms with E-state index in [2.05, 4.69) is 15.5 Å². The summed E-state index contributed by atoms with van der Waals surface area (Å²) in [4.78, 5) is 0. The fourth-order valence-corrected chi connectivity index (χ4v) is 0.547. The number of nitrogens with one attached hydrogen (secondary N) is 1. The van der Waals surface area contributed by atoms with Gasteiger partial charge in [-0.1, -0.05) is 0 Å². The summed E-state index contributed by atoms with van der Waals surface area (Å²) in [5.74, 6) is 0. The molecule has 54 valence electrons. The second kappa shape index (κ2) is 3.13. The molecule has 9 heavy (non-hydrogen) atoms. The van der Waals surface area contributed by atoms with E-state index in [1.807, 2.05) is 14.0 Å². The first-order valence-electron chi connectivity index (χ1n) is 2.85. The molecular formula is C5H12ClN3. The van der Waals surface area contributed by atoms with Crippen molar-refractivity contribution in [3.63, 3.8) is 0 Å². The van der Waals surface area contributed by atoms with Gasteiger partial charge < -0.3 is 5.32 Å². The van der Waals surface area contributed by atoms with E-state index in [1.165, 1.54) is 0 Å². The van der Waals surface area contributed by atoms with Crippen molar-refractivity contribution < 1.29 is 0 Å². The van der Waals surface area contributed by atoms with E-state index in [0.29, 0.717) is 0 Å². The van der Waals surface area contributed by atoms with Gasteiger partial charge in [-0.3, -0.25) is 0 Å². The minimum Gasteiger partial charge on any atom is -0.320 e. The molecular weight excluding hydrogens is 138 g/mol. The molecule has 1 aliphatic heterocycles. The van der Waals surface area contributed by atoms with Crippen molar-refractivity contribution in [2.45, 2.75) is 19.0 Å². The van der Waals surface area contributed by atoms with Crippen LogP contribution in [0.15, 0.2) is 10.2 Å². The van der Waals surface area contributed by atoms with E-state index in [4.69, 9.17) is 0 Å². The minimum absolute atomic E-state index is 0. The Morgan fingerprint density at radius 1 is 1.44 bits per heavy atom. The summed E-state index contributed by atoms with van der Waals surface area (Å²) in [6.07, 6.45) is 1.03. The largest absolute Gasteiger partial charge is 0.320 e. The Balaban J connectivity index is 0.000000640. The highest BCUT2D eigenvalue weighted by atomic mass is 35.5. The van der Waals surface area contributed by atoms with Gasteiger partial charge in [0.05, 0.1) is 0 Å². The van der Waals surface area contributed by atoms with Gasteiger partial charge in [-0.05, 0) is 20.5 Å². The maximum absolute atomic E-state index is 3.86. The molecule has 1 rings (SSSR count). The first-order chi connectivity index (χ1) is 3.77. The monoisotopic (exact) mass is 149 g/mol. The van der Waals surface area contributed by atoms with Crippen LogP contribution in [0.4, 0.5) is 0 Å². The fraction of sp³-hybridized carbons (Fsp3) is 1.00. The Morgan fingerprint density at radius 3 is 2.33 bits per heavy atom. The van der Waals surface area contributed by atoms with Crippen LogP contribution in [0.25, 0.3) is 0 Å². The van der Waals surface area contributed by atoms with E-state index in [0.717, 1.165) is 13.0 Å². The lowest BCUT2D eigenvalue weighted by Gasteiger charge is -1.99. The Morgan fingerprint density at radius 2 is 2.00 bits per heavy atom. The first kappa shape index (κ1) is 8.85. The maximum atomic E-state index is 3.86. The second-order valence-electron chi connectivity index (χ2n) is 2.27. The zero-order valence-electron chi connectivity index (χ0n) is 5.72. The lowest BCUT2D eigenvalue weighted by atomic mass is 10.2. The van der Waals surface area contributed by atoms with Gasteiger partial charge in [0.25, 0.3) is 0 Å². The van der Waals surface area contributed by atoms with Crippen molar-refractivity contribution in [1.82, 2.24) is 5.32 Å². The predicted octanol–water partition coefficient (Wildman–Crippen LogP) is 1.20. The van der Waals surface area contributed by atoms with Crippen LogP contribution in [0.1, 0.15) is 13.3 Å². The number of hydrogen-bond acceptors (Lipinski definition) is 3. The SMILES string of the molecule is CNCCC1(C)N=N1.Cl. The number of hydrogen-bond donors (Lipinski definition) is 1. The third-order valence-electron chi connectivity index (χ3n) is 1.29. The molecule has 0 unspecified atom stereocenters. The van der Waals surface area contributed by atoms with Gasteiger partial charge >= 0.3 is 0 Å². The Labute approximate surface area is 61.3 Å². The molecule has 0 saturated heterocycles. The van der Waals surface area contributed by atoms with Crippen LogP contribution in [0.3, 0.4) is 0 Å². The molecule has 0 bridgehead atoms. The molecule has 0 radical (unpaired) electrons. The summed E-state index contributed by atoms with van der Waals surface area (Å²) in [7, 11) is 1.94. The highest BCUT2D eigenvalue weighted by Gasteiger charge is 2.32. The average Bonchev–Trinajstić information content (AvgIpc) is 2.45. The zero-order chi connectivity index (χ0) is 6.04. The number of nitrogens with zero attached hydrogens (tertiary/aromatic N) is 2. The van der Waals surface area contributed by atoms with Gasteiger partial charge in [-0.2, -0.15) is 10.2 Å². The van der Waals surface area contributed by atoms with E-state index >= 15 is 0 Å². The van der Waals surface area contributed by atoms with Gasteiger partial charge in [0, 0.05) is 6.42 Å². The summed E-state index contributed by atoms with van der Waals surface area (Å²) in [5.41, 5.74) is -0.0109. The van der Waals surface area contributed by atoms with Crippen LogP contribution < -0.4 is 5.32 Å². The van der Waals surface area contributed by atoms with Crippen molar-refractivity contribution in [1.29, 1.82) is 0 Å². The van der Waals surface area contributed by atoms with Crippen LogP contribution in [0.2, 0.25) is 0 Å². The summed E-state index contributed by atoms with van der Waals surface area (Å²) >= 11 is 0. The molecule has 0 aliphatic carbocycles. The van der Waals surface area contributed by atoms with E-state index in [1.54, 1.807) is 0 Å². The Bertz CT molecular complexity index is 107. The molecule has 0 aromatic carbocycles. The Hall–Kier alpha value is -0.150.